The summed E-state index contributed by atoms with van der Waals surface area (Å²) in [5.41, 5.74) is 10.2. The summed E-state index contributed by atoms with van der Waals surface area (Å²) in [5.74, 6) is 0.676. The van der Waals surface area contributed by atoms with Gasteiger partial charge in [-0.15, -0.1) is 31.4 Å². The van der Waals surface area contributed by atoms with E-state index in [0.717, 1.165) is 18.7 Å². The summed E-state index contributed by atoms with van der Waals surface area (Å²) >= 11 is 0. The first-order valence-corrected chi connectivity index (χ1v) is 7.30. The normalized spacial score (nSPS) is 30.6. The minimum Gasteiger partial charge on any atom is -0.399 e. The summed E-state index contributed by atoms with van der Waals surface area (Å²) in [6.07, 6.45) is 4.41. The predicted molar refractivity (Wildman–Crippen MR) is 95.7 cm³/mol. The van der Waals surface area contributed by atoms with Crippen molar-refractivity contribution in [3.05, 3.63) is 42.0 Å². The minimum atomic E-state index is 0. The van der Waals surface area contributed by atoms with Crippen molar-refractivity contribution in [3.8, 4) is 0 Å². The number of benzene rings is 1. The van der Waals surface area contributed by atoms with Gasteiger partial charge in [0.15, 0.2) is 0 Å². The molecule has 3 rings (SSSR count). The molecule has 1 aromatic rings. The molecule has 1 heterocycles. The molecule has 0 saturated carbocycles. The molecule has 0 aromatic heterocycles. The number of nitrogens with two attached hydrogens (primary N) is 1. The SMILES string of the molecule is C=CCN1CC[C@@]2(C)c3cc(N)ccc3C[C@@H]1[C@H]2C.Cl.Cl. The zero-order valence-electron chi connectivity index (χ0n) is 12.8. The number of hydrogen-bond acceptors (Lipinski definition) is 2. The highest BCUT2D eigenvalue weighted by Crippen LogP contribution is 2.48. The van der Waals surface area contributed by atoms with Crippen LogP contribution < -0.4 is 5.73 Å². The van der Waals surface area contributed by atoms with Crippen molar-refractivity contribution in [2.75, 3.05) is 18.8 Å². The fraction of sp³-hybridized carbons (Fsp3) is 0.529. The van der Waals surface area contributed by atoms with E-state index < -0.39 is 0 Å². The van der Waals surface area contributed by atoms with E-state index in [2.05, 4.69) is 37.5 Å². The van der Waals surface area contributed by atoms with Crippen LogP contribution in [-0.4, -0.2) is 24.0 Å². The second-order valence-electron chi connectivity index (χ2n) is 6.43. The fourth-order valence-electron chi connectivity index (χ4n) is 4.12. The summed E-state index contributed by atoms with van der Waals surface area (Å²) < 4.78 is 0. The number of halogens is 2. The molecule has 1 aliphatic carbocycles. The first-order chi connectivity index (χ1) is 9.06. The number of likely N-dealkylation sites (tertiary alicyclic amines) is 1. The van der Waals surface area contributed by atoms with E-state index >= 15 is 0 Å². The van der Waals surface area contributed by atoms with Gasteiger partial charge >= 0.3 is 0 Å². The summed E-state index contributed by atoms with van der Waals surface area (Å²) in [5, 5.41) is 0. The lowest BCUT2D eigenvalue weighted by molar-refractivity contribution is 0.0400. The van der Waals surface area contributed by atoms with Gasteiger partial charge in [-0.25, -0.2) is 0 Å². The molecule has 2 N–H and O–H groups in total. The monoisotopic (exact) mass is 328 g/mol. The molecular formula is C17H26Cl2N2. The zero-order valence-corrected chi connectivity index (χ0v) is 14.5. The number of anilines is 1. The third-order valence-corrected chi connectivity index (χ3v) is 5.51. The van der Waals surface area contributed by atoms with Crippen molar-refractivity contribution in [1.82, 2.24) is 4.90 Å². The van der Waals surface area contributed by atoms with Crippen molar-refractivity contribution in [1.29, 1.82) is 0 Å². The molecular weight excluding hydrogens is 303 g/mol. The molecule has 2 nitrogen and oxygen atoms in total. The van der Waals surface area contributed by atoms with Gasteiger partial charge in [0.25, 0.3) is 0 Å². The molecule has 21 heavy (non-hydrogen) atoms. The Kier molecular flexibility index (Phi) is 5.76. The standard InChI is InChI=1S/C17H24N2.2ClH/c1-4-8-19-9-7-17(3)12(2)16(19)10-13-5-6-14(18)11-15(13)17;;/h4-6,11-12,16H,1,7-10,18H2,2-3H3;2*1H/t12-,16-,17-;;/m1../s1. The first kappa shape index (κ1) is 18.3. The number of hydrogen-bond donors (Lipinski definition) is 1. The highest BCUT2D eigenvalue weighted by atomic mass is 35.5. The van der Waals surface area contributed by atoms with Gasteiger partial charge < -0.3 is 5.73 Å². The third kappa shape index (κ3) is 2.81. The van der Waals surface area contributed by atoms with Crippen LogP contribution in [0.2, 0.25) is 0 Å². The number of piperidine rings is 1. The van der Waals surface area contributed by atoms with Crippen LogP contribution in [0.15, 0.2) is 30.9 Å². The van der Waals surface area contributed by atoms with Crippen LogP contribution in [0, 0.1) is 5.92 Å². The Hall–Kier alpha value is -0.700. The van der Waals surface area contributed by atoms with Gasteiger partial charge in [0.2, 0.25) is 0 Å². The quantitative estimate of drug-likeness (QED) is 0.660. The van der Waals surface area contributed by atoms with Crippen molar-refractivity contribution in [2.24, 2.45) is 5.92 Å². The van der Waals surface area contributed by atoms with Gasteiger partial charge in [-0.2, -0.15) is 0 Å². The summed E-state index contributed by atoms with van der Waals surface area (Å²) in [6.45, 7) is 10.9. The van der Waals surface area contributed by atoms with Crippen LogP contribution in [-0.2, 0) is 11.8 Å². The Morgan fingerprint density at radius 3 is 2.81 bits per heavy atom. The van der Waals surface area contributed by atoms with E-state index in [4.69, 9.17) is 5.73 Å². The maximum atomic E-state index is 6.01. The third-order valence-electron chi connectivity index (χ3n) is 5.51. The molecule has 3 atom stereocenters. The molecule has 0 unspecified atom stereocenters. The Bertz CT molecular complexity index is 518. The molecule has 2 bridgehead atoms. The molecule has 1 saturated heterocycles. The van der Waals surface area contributed by atoms with E-state index in [9.17, 15) is 0 Å². The fourth-order valence-corrected chi connectivity index (χ4v) is 4.12. The van der Waals surface area contributed by atoms with E-state index in [1.165, 1.54) is 24.1 Å². The van der Waals surface area contributed by atoms with Crippen LogP contribution in [0.25, 0.3) is 0 Å². The van der Waals surface area contributed by atoms with Crippen LogP contribution in [0.4, 0.5) is 5.69 Å². The lowest BCUT2D eigenvalue weighted by Crippen LogP contribution is -2.57. The molecule has 1 aliphatic heterocycles. The second-order valence-corrected chi connectivity index (χ2v) is 6.43. The average molecular weight is 329 g/mol. The first-order valence-electron chi connectivity index (χ1n) is 7.30. The molecule has 1 fully saturated rings. The van der Waals surface area contributed by atoms with Gasteiger partial charge in [0, 0.05) is 18.3 Å². The molecule has 2 aliphatic rings. The average Bonchev–Trinajstić information content (AvgIpc) is 2.38. The number of nitrogens with zero attached hydrogens (tertiary/aromatic N) is 1. The van der Waals surface area contributed by atoms with Crippen LogP contribution in [0.1, 0.15) is 31.4 Å². The highest BCUT2D eigenvalue weighted by Gasteiger charge is 2.47. The van der Waals surface area contributed by atoms with E-state index in [1.807, 2.05) is 12.1 Å². The Morgan fingerprint density at radius 1 is 1.43 bits per heavy atom. The van der Waals surface area contributed by atoms with Crippen molar-refractivity contribution >= 4 is 30.5 Å². The van der Waals surface area contributed by atoms with Crippen molar-refractivity contribution in [2.45, 2.75) is 38.1 Å². The maximum Gasteiger partial charge on any atom is 0.0317 e. The smallest absolute Gasteiger partial charge is 0.0317 e. The maximum absolute atomic E-state index is 6.01. The summed E-state index contributed by atoms with van der Waals surface area (Å²) in [6, 6.07) is 7.14. The van der Waals surface area contributed by atoms with E-state index in [-0.39, 0.29) is 30.2 Å². The largest absolute Gasteiger partial charge is 0.399 e. The second kappa shape index (κ2) is 6.60. The summed E-state index contributed by atoms with van der Waals surface area (Å²) in [7, 11) is 0. The Labute approximate surface area is 140 Å². The lowest BCUT2D eigenvalue weighted by Gasteiger charge is -2.54. The van der Waals surface area contributed by atoms with E-state index in [0.29, 0.717) is 12.0 Å². The number of fused-ring (bicyclic) bond motifs is 4. The minimum absolute atomic E-state index is 0. The molecule has 4 heteroatoms. The predicted octanol–water partition coefficient (Wildman–Crippen LogP) is 3.82. The number of rotatable bonds is 2. The topological polar surface area (TPSA) is 29.3 Å². The van der Waals surface area contributed by atoms with Gasteiger partial charge in [-0.3, -0.25) is 4.90 Å². The molecule has 0 spiro atoms. The molecule has 0 amide bonds. The zero-order chi connectivity index (χ0) is 13.6. The van der Waals surface area contributed by atoms with Crippen LogP contribution in [0.3, 0.4) is 0 Å². The Morgan fingerprint density at radius 2 is 2.14 bits per heavy atom. The van der Waals surface area contributed by atoms with Gasteiger partial charge in [-0.1, -0.05) is 26.0 Å². The molecule has 118 valence electrons. The summed E-state index contributed by atoms with van der Waals surface area (Å²) in [4.78, 5) is 2.60. The molecule has 0 radical (unpaired) electrons. The van der Waals surface area contributed by atoms with Crippen molar-refractivity contribution in [3.63, 3.8) is 0 Å². The van der Waals surface area contributed by atoms with Crippen molar-refractivity contribution < 1.29 is 0 Å². The lowest BCUT2D eigenvalue weighted by atomic mass is 9.59. The van der Waals surface area contributed by atoms with Gasteiger partial charge in [0.1, 0.15) is 0 Å². The Balaban J connectivity index is 0.00000110. The number of nitrogen functional groups attached to an aromatic ring is 1. The van der Waals surface area contributed by atoms with Crippen LogP contribution >= 0.6 is 24.8 Å². The van der Waals surface area contributed by atoms with E-state index in [1.54, 1.807) is 0 Å². The highest BCUT2D eigenvalue weighted by molar-refractivity contribution is 5.85. The van der Waals surface area contributed by atoms with Crippen LogP contribution in [0.5, 0.6) is 0 Å². The van der Waals surface area contributed by atoms with Gasteiger partial charge in [-0.05, 0) is 54.0 Å². The van der Waals surface area contributed by atoms with Gasteiger partial charge in [0.05, 0.1) is 0 Å². The molecule has 1 aromatic carbocycles.